The first kappa shape index (κ1) is 28.2. The Hall–Kier alpha value is -3.84. The summed E-state index contributed by atoms with van der Waals surface area (Å²) < 4.78 is 17.2. The van der Waals surface area contributed by atoms with Crippen LogP contribution < -0.4 is 9.47 Å². The molecular weight excluding hydrogens is 537 g/mol. The van der Waals surface area contributed by atoms with E-state index in [2.05, 4.69) is 11.6 Å². The highest BCUT2D eigenvalue weighted by molar-refractivity contribution is 6.42. The van der Waals surface area contributed by atoms with Gasteiger partial charge in [-0.1, -0.05) is 65.7 Å². The molecule has 1 heterocycles. The fourth-order valence-electron chi connectivity index (χ4n) is 3.85. The van der Waals surface area contributed by atoms with Gasteiger partial charge in [-0.2, -0.15) is 0 Å². The second-order valence-corrected chi connectivity index (χ2v) is 9.75. The van der Waals surface area contributed by atoms with Crippen molar-refractivity contribution in [2.45, 2.75) is 13.0 Å². The number of benzene rings is 3. The van der Waals surface area contributed by atoms with Crippen LogP contribution in [0, 0.1) is 0 Å². The molecule has 0 saturated carbocycles. The van der Waals surface area contributed by atoms with Crippen LogP contribution in [-0.2, 0) is 4.74 Å². The summed E-state index contributed by atoms with van der Waals surface area (Å²) in [4.78, 5) is 16.4. The second kappa shape index (κ2) is 12.8. The summed E-state index contributed by atoms with van der Waals surface area (Å²) in [6, 6.07) is 19.9. The van der Waals surface area contributed by atoms with Crippen molar-refractivity contribution in [2.75, 3.05) is 20.3 Å². The number of ether oxygens (including phenoxy) is 3. The molecule has 39 heavy (non-hydrogen) atoms. The Morgan fingerprint density at radius 3 is 2.59 bits per heavy atom. The van der Waals surface area contributed by atoms with E-state index >= 15 is 0 Å². The van der Waals surface area contributed by atoms with E-state index in [0.29, 0.717) is 22.4 Å². The van der Waals surface area contributed by atoms with Crippen LogP contribution >= 0.6 is 23.2 Å². The Kier molecular flexibility index (Phi) is 9.25. The molecule has 4 aromatic rings. The lowest BCUT2D eigenvalue weighted by Gasteiger charge is -2.20. The first-order chi connectivity index (χ1) is 18.7. The maximum absolute atomic E-state index is 11.8. The SMILES string of the molecule is C=C(C)COC(COc1ccc(OC)cc1C(=O)O)c1cccc(/C=C/c2ccc3cc(Cl)c(Cl)cc3n2)c1. The second-order valence-electron chi connectivity index (χ2n) is 8.93. The normalized spacial score (nSPS) is 12.0. The number of aromatic nitrogens is 1. The van der Waals surface area contributed by atoms with Gasteiger partial charge in [0, 0.05) is 5.39 Å². The van der Waals surface area contributed by atoms with Crippen molar-refractivity contribution in [3.05, 3.63) is 111 Å². The fourth-order valence-corrected chi connectivity index (χ4v) is 4.18. The minimum atomic E-state index is -1.11. The molecule has 0 aliphatic carbocycles. The molecule has 1 atom stereocenters. The van der Waals surface area contributed by atoms with Gasteiger partial charge in [-0.3, -0.25) is 0 Å². The highest BCUT2D eigenvalue weighted by atomic mass is 35.5. The largest absolute Gasteiger partial charge is 0.497 e. The zero-order valence-corrected chi connectivity index (χ0v) is 23.0. The van der Waals surface area contributed by atoms with Crippen LogP contribution in [0.5, 0.6) is 11.5 Å². The van der Waals surface area contributed by atoms with E-state index in [1.807, 2.05) is 55.5 Å². The van der Waals surface area contributed by atoms with Crippen LogP contribution in [0.4, 0.5) is 0 Å². The Labute approximate surface area is 237 Å². The molecule has 3 aromatic carbocycles. The predicted molar refractivity (Wildman–Crippen MR) is 156 cm³/mol. The Bertz CT molecular complexity index is 1550. The molecule has 0 bridgehead atoms. The molecule has 0 spiro atoms. The van der Waals surface area contributed by atoms with Crippen molar-refractivity contribution in [1.82, 2.24) is 4.98 Å². The molecule has 1 aromatic heterocycles. The average Bonchev–Trinajstić information content (AvgIpc) is 2.92. The number of carbonyl (C=O) groups is 1. The van der Waals surface area contributed by atoms with E-state index < -0.39 is 12.1 Å². The van der Waals surface area contributed by atoms with Gasteiger partial charge in [-0.15, -0.1) is 0 Å². The van der Waals surface area contributed by atoms with Gasteiger partial charge in [0.1, 0.15) is 29.8 Å². The van der Waals surface area contributed by atoms with Crippen molar-refractivity contribution in [1.29, 1.82) is 0 Å². The average molecular weight is 564 g/mol. The number of nitrogens with zero attached hydrogens (tertiary/aromatic N) is 1. The van der Waals surface area contributed by atoms with Crippen molar-refractivity contribution >= 4 is 52.2 Å². The zero-order valence-electron chi connectivity index (χ0n) is 21.5. The maximum Gasteiger partial charge on any atom is 0.339 e. The standard InChI is InChI=1S/C31H27Cl2NO5/c1-19(2)17-38-30(18-39-29-12-11-24(37-3)15-25(29)31(35)36)22-6-4-5-20(13-22)7-9-23-10-8-21-14-26(32)27(33)16-28(21)34-23/h4-16,30H,1,17-18H2,2-3H3,(H,35,36)/b9-7+. The lowest BCUT2D eigenvalue weighted by Crippen LogP contribution is -2.16. The Morgan fingerprint density at radius 1 is 1.05 bits per heavy atom. The molecule has 0 fully saturated rings. The third-order valence-corrected chi connectivity index (χ3v) is 6.54. The number of pyridine rings is 1. The van der Waals surface area contributed by atoms with Crippen molar-refractivity contribution < 1.29 is 24.1 Å². The van der Waals surface area contributed by atoms with Crippen LogP contribution in [0.1, 0.15) is 40.2 Å². The van der Waals surface area contributed by atoms with Gasteiger partial charge in [0.25, 0.3) is 0 Å². The van der Waals surface area contributed by atoms with Gasteiger partial charge in [-0.25, -0.2) is 9.78 Å². The summed E-state index contributed by atoms with van der Waals surface area (Å²) >= 11 is 12.3. The predicted octanol–water partition coefficient (Wildman–Crippen LogP) is 8.13. The van der Waals surface area contributed by atoms with Crippen molar-refractivity contribution in [3.8, 4) is 11.5 Å². The van der Waals surface area contributed by atoms with E-state index in [4.69, 9.17) is 37.4 Å². The molecule has 1 N–H and O–H groups in total. The van der Waals surface area contributed by atoms with E-state index in [-0.39, 0.29) is 17.9 Å². The van der Waals surface area contributed by atoms with Gasteiger partial charge in [-0.05, 0) is 66.6 Å². The number of rotatable bonds is 11. The molecule has 0 aliphatic heterocycles. The molecule has 6 nitrogen and oxygen atoms in total. The highest BCUT2D eigenvalue weighted by Gasteiger charge is 2.18. The van der Waals surface area contributed by atoms with Gasteiger partial charge in [0.15, 0.2) is 0 Å². The number of hydrogen-bond acceptors (Lipinski definition) is 5. The summed E-state index contributed by atoms with van der Waals surface area (Å²) in [7, 11) is 1.48. The quantitative estimate of drug-likeness (QED) is 0.185. The molecule has 0 radical (unpaired) electrons. The van der Waals surface area contributed by atoms with Gasteiger partial charge in [0.2, 0.25) is 0 Å². The summed E-state index contributed by atoms with van der Waals surface area (Å²) in [5, 5.41) is 11.5. The number of halogens is 2. The minimum Gasteiger partial charge on any atom is -0.497 e. The van der Waals surface area contributed by atoms with E-state index in [0.717, 1.165) is 33.3 Å². The molecule has 0 amide bonds. The van der Waals surface area contributed by atoms with Crippen LogP contribution in [0.3, 0.4) is 0 Å². The third kappa shape index (κ3) is 7.39. The summed E-state index contributed by atoms with van der Waals surface area (Å²) in [6.07, 6.45) is 3.40. The smallest absolute Gasteiger partial charge is 0.339 e. The number of hydrogen-bond donors (Lipinski definition) is 1. The van der Waals surface area contributed by atoms with Gasteiger partial charge >= 0.3 is 5.97 Å². The fraction of sp³-hybridized carbons (Fsp3) is 0.161. The Balaban J connectivity index is 1.56. The molecular formula is C31H27Cl2NO5. The van der Waals surface area contributed by atoms with Crippen LogP contribution in [0.2, 0.25) is 10.0 Å². The lowest BCUT2D eigenvalue weighted by atomic mass is 10.1. The summed E-state index contributed by atoms with van der Waals surface area (Å²) in [6.45, 7) is 6.22. The number of fused-ring (bicyclic) bond motifs is 1. The molecule has 200 valence electrons. The highest BCUT2D eigenvalue weighted by Crippen LogP contribution is 2.29. The number of methoxy groups -OCH3 is 1. The summed E-state index contributed by atoms with van der Waals surface area (Å²) in [5.74, 6) is -0.447. The van der Waals surface area contributed by atoms with Crippen molar-refractivity contribution in [3.63, 3.8) is 0 Å². The molecule has 0 aliphatic rings. The summed E-state index contributed by atoms with van der Waals surface area (Å²) in [5.41, 5.74) is 4.20. The Morgan fingerprint density at radius 2 is 1.85 bits per heavy atom. The molecule has 0 saturated heterocycles. The topological polar surface area (TPSA) is 77.9 Å². The monoisotopic (exact) mass is 563 g/mol. The zero-order chi connectivity index (χ0) is 27.9. The number of carboxylic acid groups (broad SMARTS) is 1. The van der Waals surface area contributed by atoms with Crippen LogP contribution in [0.25, 0.3) is 23.1 Å². The number of aromatic carboxylic acids is 1. The third-order valence-electron chi connectivity index (χ3n) is 5.82. The number of carboxylic acids is 1. The van der Waals surface area contributed by atoms with E-state index in [9.17, 15) is 9.90 Å². The molecule has 8 heteroatoms. The first-order valence-corrected chi connectivity index (χ1v) is 12.8. The van der Waals surface area contributed by atoms with Crippen molar-refractivity contribution in [2.24, 2.45) is 0 Å². The maximum atomic E-state index is 11.8. The first-order valence-electron chi connectivity index (χ1n) is 12.1. The molecule has 1 unspecified atom stereocenters. The van der Waals surface area contributed by atoms with Gasteiger partial charge < -0.3 is 19.3 Å². The molecule has 4 rings (SSSR count). The van der Waals surface area contributed by atoms with Crippen LogP contribution in [0.15, 0.2) is 78.9 Å². The van der Waals surface area contributed by atoms with E-state index in [1.54, 1.807) is 24.3 Å². The van der Waals surface area contributed by atoms with Crippen LogP contribution in [-0.4, -0.2) is 36.4 Å². The minimum absolute atomic E-state index is 0.0103. The van der Waals surface area contributed by atoms with E-state index in [1.165, 1.54) is 13.2 Å². The lowest BCUT2D eigenvalue weighted by molar-refractivity contribution is 0.0314. The van der Waals surface area contributed by atoms with Gasteiger partial charge in [0.05, 0.1) is 35.0 Å².